The van der Waals surface area contributed by atoms with Gasteiger partial charge < -0.3 is 27.2 Å². The highest BCUT2D eigenvalue weighted by Crippen LogP contribution is 2.25. The lowest BCUT2D eigenvalue weighted by molar-refractivity contribution is -0.137. The molecule has 3 aromatic carbocycles. The quantitative estimate of drug-likeness (QED) is 0.270. The van der Waals surface area contributed by atoms with Crippen molar-refractivity contribution >= 4 is 45.9 Å². The topological polar surface area (TPSA) is 160 Å². The molecule has 3 rings (SSSR count). The summed E-state index contributed by atoms with van der Waals surface area (Å²) in [6.45, 7) is -0.236. The molecular formula is C23H23N5O4. The maximum absolute atomic E-state index is 12.4. The number of amides is 2. The number of benzene rings is 3. The van der Waals surface area contributed by atoms with Crippen molar-refractivity contribution in [2.45, 2.75) is 12.8 Å². The van der Waals surface area contributed by atoms with Crippen molar-refractivity contribution in [3.05, 3.63) is 71.8 Å². The molecule has 0 aliphatic carbocycles. The average molecular weight is 433 g/mol. The lowest BCUT2D eigenvalue weighted by atomic mass is 10.0. The first-order valence-electron chi connectivity index (χ1n) is 9.83. The Morgan fingerprint density at radius 2 is 1.75 bits per heavy atom. The minimum atomic E-state index is -0.869. The summed E-state index contributed by atoms with van der Waals surface area (Å²) < 4.78 is 0. The van der Waals surface area contributed by atoms with Crippen molar-refractivity contribution in [2.24, 2.45) is 16.5 Å². The predicted octanol–water partition coefficient (Wildman–Crippen LogP) is 2.13. The van der Waals surface area contributed by atoms with Gasteiger partial charge >= 0.3 is 5.97 Å². The molecule has 0 saturated heterocycles. The van der Waals surface area contributed by atoms with Gasteiger partial charge in [-0.25, -0.2) is 4.99 Å². The van der Waals surface area contributed by atoms with Gasteiger partial charge in [-0.15, -0.1) is 0 Å². The Labute approximate surface area is 184 Å². The van der Waals surface area contributed by atoms with Crippen LogP contribution in [0.25, 0.3) is 10.8 Å². The van der Waals surface area contributed by atoms with Crippen LogP contribution in [0.1, 0.15) is 22.3 Å². The number of carbonyl (C=O) groups excluding carboxylic acids is 2. The van der Waals surface area contributed by atoms with Gasteiger partial charge in [0.1, 0.15) is 0 Å². The summed E-state index contributed by atoms with van der Waals surface area (Å²) in [6.07, 6.45) is 0.416. The van der Waals surface area contributed by atoms with Gasteiger partial charge in [-0.1, -0.05) is 30.3 Å². The van der Waals surface area contributed by atoms with Crippen LogP contribution in [0.15, 0.2) is 65.7 Å². The first kappa shape index (κ1) is 22.3. The number of hydrogen-bond donors (Lipinski definition) is 5. The maximum Gasteiger partial charge on any atom is 0.303 e. The molecule has 0 aliphatic rings. The summed E-state index contributed by atoms with van der Waals surface area (Å²) in [5.41, 5.74) is 12.9. The molecule has 9 heteroatoms. The van der Waals surface area contributed by atoms with E-state index in [1.807, 2.05) is 30.3 Å². The highest BCUT2D eigenvalue weighted by Gasteiger charge is 2.11. The van der Waals surface area contributed by atoms with Crippen molar-refractivity contribution in [2.75, 3.05) is 11.9 Å². The number of nitrogens with zero attached hydrogens (tertiary/aromatic N) is 1. The number of nitrogens with two attached hydrogens (primary N) is 2. The predicted molar refractivity (Wildman–Crippen MR) is 123 cm³/mol. The van der Waals surface area contributed by atoms with E-state index in [1.54, 1.807) is 24.3 Å². The molecular weight excluding hydrogens is 410 g/mol. The number of fused-ring (bicyclic) bond motifs is 1. The van der Waals surface area contributed by atoms with Crippen molar-refractivity contribution in [1.29, 1.82) is 0 Å². The molecule has 164 valence electrons. The standard InChI is InChI=1S/C23H23N5O4/c24-23(25)27-17-5-1-4-16(12-17)22(32)26-13-20(29)28-19-6-2-3-15-9-7-14(11-18(15)19)8-10-21(30)31/h1-7,9,11-12H,8,10,13H2,(H,26,32)(H,28,29)(H,30,31)(H4,24,25,27). The molecule has 0 spiro atoms. The van der Waals surface area contributed by atoms with Crippen LogP contribution in [0.4, 0.5) is 11.4 Å². The zero-order chi connectivity index (χ0) is 23.1. The van der Waals surface area contributed by atoms with Crippen molar-refractivity contribution in [3.63, 3.8) is 0 Å². The maximum atomic E-state index is 12.4. The van der Waals surface area contributed by atoms with Gasteiger partial charge in [-0.05, 0) is 47.7 Å². The van der Waals surface area contributed by atoms with E-state index < -0.39 is 17.8 Å². The largest absolute Gasteiger partial charge is 0.481 e. The molecule has 2 amide bonds. The average Bonchev–Trinajstić information content (AvgIpc) is 2.76. The monoisotopic (exact) mass is 433 g/mol. The van der Waals surface area contributed by atoms with Gasteiger partial charge in [0.15, 0.2) is 5.96 Å². The third-order valence-electron chi connectivity index (χ3n) is 4.62. The zero-order valence-electron chi connectivity index (χ0n) is 17.2. The van der Waals surface area contributed by atoms with Gasteiger partial charge in [-0.3, -0.25) is 14.4 Å². The SMILES string of the molecule is NC(N)=Nc1cccc(C(=O)NCC(=O)Nc2cccc3ccc(CCC(=O)O)cc23)c1. The van der Waals surface area contributed by atoms with E-state index in [2.05, 4.69) is 15.6 Å². The number of hydrogen-bond acceptors (Lipinski definition) is 4. The number of carboxylic acid groups (broad SMARTS) is 1. The summed E-state index contributed by atoms with van der Waals surface area (Å²) in [6, 6.07) is 17.5. The summed E-state index contributed by atoms with van der Waals surface area (Å²) in [5, 5.41) is 16.0. The number of aliphatic carboxylic acids is 1. The second-order valence-corrected chi connectivity index (χ2v) is 7.07. The minimum absolute atomic E-state index is 0.0243. The Morgan fingerprint density at radius 1 is 0.969 bits per heavy atom. The number of anilines is 1. The number of rotatable bonds is 8. The second kappa shape index (κ2) is 10.1. The van der Waals surface area contributed by atoms with E-state index in [0.29, 0.717) is 23.4 Å². The van der Waals surface area contributed by atoms with Crippen LogP contribution in [-0.2, 0) is 16.0 Å². The van der Waals surface area contributed by atoms with E-state index in [-0.39, 0.29) is 18.9 Å². The van der Waals surface area contributed by atoms with Gasteiger partial charge in [0.25, 0.3) is 5.91 Å². The Bertz CT molecular complexity index is 1200. The summed E-state index contributed by atoms with van der Waals surface area (Å²) in [5.74, 6) is -1.83. The molecule has 3 aromatic rings. The number of aliphatic imine (C=N–C) groups is 1. The summed E-state index contributed by atoms with van der Waals surface area (Å²) in [7, 11) is 0. The zero-order valence-corrected chi connectivity index (χ0v) is 17.2. The van der Waals surface area contributed by atoms with Crippen molar-refractivity contribution in [1.82, 2.24) is 5.32 Å². The Kier molecular flexibility index (Phi) is 7.02. The van der Waals surface area contributed by atoms with Crippen LogP contribution in [0.2, 0.25) is 0 Å². The highest BCUT2D eigenvalue weighted by atomic mass is 16.4. The molecule has 0 bridgehead atoms. The molecule has 0 atom stereocenters. The fraction of sp³-hybridized carbons (Fsp3) is 0.130. The van der Waals surface area contributed by atoms with E-state index in [9.17, 15) is 14.4 Å². The Hall–Kier alpha value is -4.40. The third-order valence-corrected chi connectivity index (χ3v) is 4.62. The highest BCUT2D eigenvalue weighted by molar-refractivity contribution is 6.04. The van der Waals surface area contributed by atoms with E-state index in [0.717, 1.165) is 16.3 Å². The molecule has 0 saturated carbocycles. The molecule has 9 nitrogen and oxygen atoms in total. The number of guanidine groups is 1. The number of nitrogens with one attached hydrogen (secondary N) is 2. The first-order valence-corrected chi connectivity index (χ1v) is 9.83. The Morgan fingerprint density at radius 3 is 2.50 bits per heavy atom. The molecule has 0 aromatic heterocycles. The molecule has 0 fully saturated rings. The number of aryl methyl sites for hydroxylation is 1. The van der Waals surface area contributed by atoms with E-state index in [1.165, 1.54) is 6.07 Å². The summed E-state index contributed by atoms with van der Waals surface area (Å²) in [4.78, 5) is 39.5. The smallest absolute Gasteiger partial charge is 0.303 e. The van der Waals surface area contributed by atoms with Crippen LogP contribution in [0.5, 0.6) is 0 Å². The second-order valence-electron chi connectivity index (χ2n) is 7.07. The normalized spacial score (nSPS) is 10.4. The van der Waals surface area contributed by atoms with Gasteiger partial charge in [0.2, 0.25) is 5.91 Å². The third kappa shape index (κ3) is 6.05. The van der Waals surface area contributed by atoms with Gasteiger partial charge in [0.05, 0.1) is 12.2 Å². The molecule has 0 unspecified atom stereocenters. The van der Waals surface area contributed by atoms with Gasteiger partial charge in [0, 0.05) is 23.1 Å². The lowest BCUT2D eigenvalue weighted by Crippen LogP contribution is -2.32. The van der Waals surface area contributed by atoms with Crippen LogP contribution in [-0.4, -0.2) is 35.4 Å². The van der Waals surface area contributed by atoms with E-state index >= 15 is 0 Å². The van der Waals surface area contributed by atoms with Crippen molar-refractivity contribution < 1.29 is 19.5 Å². The van der Waals surface area contributed by atoms with Crippen LogP contribution in [0, 0.1) is 0 Å². The fourth-order valence-corrected chi connectivity index (χ4v) is 3.16. The van der Waals surface area contributed by atoms with Crippen LogP contribution < -0.4 is 22.1 Å². The molecule has 0 radical (unpaired) electrons. The van der Waals surface area contributed by atoms with Crippen molar-refractivity contribution in [3.8, 4) is 0 Å². The summed E-state index contributed by atoms with van der Waals surface area (Å²) >= 11 is 0. The lowest BCUT2D eigenvalue weighted by Gasteiger charge is -2.11. The van der Waals surface area contributed by atoms with Gasteiger partial charge in [-0.2, -0.15) is 0 Å². The fourth-order valence-electron chi connectivity index (χ4n) is 3.16. The minimum Gasteiger partial charge on any atom is -0.481 e. The first-order chi connectivity index (χ1) is 15.3. The Balaban J connectivity index is 1.67. The molecule has 7 N–H and O–H groups in total. The van der Waals surface area contributed by atoms with Crippen LogP contribution >= 0.6 is 0 Å². The molecule has 0 heterocycles. The molecule has 32 heavy (non-hydrogen) atoms. The van der Waals surface area contributed by atoms with Crippen LogP contribution in [0.3, 0.4) is 0 Å². The number of carbonyl (C=O) groups is 3. The van der Waals surface area contributed by atoms with E-state index in [4.69, 9.17) is 16.6 Å². The molecule has 0 aliphatic heterocycles. The number of carboxylic acids is 1.